The van der Waals surface area contributed by atoms with E-state index in [1.54, 1.807) is 24.6 Å². The van der Waals surface area contributed by atoms with Crippen molar-refractivity contribution in [1.29, 1.82) is 0 Å². The van der Waals surface area contributed by atoms with Crippen molar-refractivity contribution in [2.45, 2.75) is 13.0 Å². The lowest BCUT2D eigenvalue weighted by Gasteiger charge is -2.14. The molecule has 8 heteroatoms. The Morgan fingerprint density at radius 3 is 2.63 bits per heavy atom. The van der Waals surface area contributed by atoms with E-state index in [1.165, 1.54) is 12.1 Å². The molecule has 0 spiro atoms. The van der Waals surface area contributed by atoms with Gasteiger partial charge in [-0.15, -0.1) is 0 Å². The van der Waals surface area contributed by atoms with E-state index in [1.807, 2.05) is 19.1 Å². The van der Waals surface area contributed by atoms with Gasteiger partial charge in [0.1, 0.15) is 18.5 Å². The number of para-hydroxylation sites is 2. The van der Waals surface area contributed by atoms with Crippen LogP contribution in [0.25, 0.3) is 0 Å². The Labute approximate surface area is 167 Å². The van der Waals surface area contributed by atoms with Crippen LogP contribution < -0.4 is 20.1 Å². The van der Waals surface area contributed by atoms with E-state index in [-0.39, 0.29) is 23.5 Å². The van der Waals surface area contributed by atoms with Gasteiger partial charge in [-0.1, -0.05) is 35.3 Å². The molecule has 2 rings (SSSR count). The highest BCUT2D eigenvalue weighted by atomic mass is 35.5. The highest BCUT2D eigenvalue weighted by Crippen LogP contribution is 2.27. The maximum absolute atomic E-state index is 13.6. The van der Waals surface area contributed by atoms with Crippen molar-refractivity contribution in [1.82, 2.24) is 5.32 Å². The second-order valence-corrected chi connectivity index (χ2v) is 6.68. The second kappa shape index (κ2) is 10.3. The molecule has 0 radical (unpaired) electrons. The summed E-state index contributed by atoms with van der Waals surface area (Å²) < 4.78 is 24.4. The minimum absolute atomic E-state index is 0.0243. The van der Waals surface area contributed by atoms with Gasteiger partial charge < -0.3 is 20.1 Å². The van der Waals surface area contributed by atoms with Gasteiger partial charge >= 0.3 is 0 Å². The third-order valence-electron chi connectivity index (χ3n) is 3.94. The van der Waals surface area contributed by atoms with E-state index in [2.05, 4.69) is 5.32 Å². The van der Waals surface area contributed by atoms with Crippen LogP contribution in [0, 0.1) is 5.82 Å². The van der Waals surface area contributed by atoms with Gasteiger partial charge in [0.15, 0.2) is 18.0 Å². The van der Waals surface area contributed by atoms with E-state index in [9.17, 15) is 9.18 Å². The summed E-state index contributed by atoms with van der Waals surface area (Å²) in [4.78, 5) is 12.0. The highest BCUT2D eigenvalue weighted by Gasteiger charge is 2.17. The van der Waals surface area contributed by atoms with Gasteiger partial charge in [0.2, 0.25) is 0 Å². The zero-order valence-corrected chi connectivity index (χ0v) is 16.6. The van der Waals surface area contributed by atoms with Crippen molar-refractivity contribution in [3.05, 3.63) is 57.8 Å². The Hall–Kier alpha value is -2.02. The van der Waals surface area contributed by atoms with E-state index in [0.29, 0.717) is 35.2 Å². The number of methoxy groups -OCH3 is 1. The van der Waals surface area contributed by atoms with Crippen LogP contribution in [0.2, 0.25) is 10.0 Å². The summed E-state index contributed by atoms with van der Waals surface area (Å²) in [5.74, 6) is 0.567. The van der Waals surface area contributed by atoms with Crippen LogP contribution in [0.15, 0.2) is 36.4 Å². The number of ether oxygens (including phenoxy) is 2. The van der Waals surface area contributed by atoms with Crippen molar-refractivity contribution in [2.75, 3.05) is 26.8 Å². The van der Waals surface area contributed by atoms with Crippen molar-refractivity contribution in [2.24, 2.45) is 0 Å². The topological polar surface area (TPSA) is 64.2 Å². The first-order chi connectivity index (χ1) is 12.9. The Balaban J connectivity index is 1.74. The van der Waals surface area contributed by atoms with E-state index >= 15 is 0 Å². The summed E-state index contributed by atoms with van der Waals surface area (Å²) in [6.45, 7) is 2.69. The van der Waals surface area contributed by atoms with Crippen LogP contribution in [0.3, 0.4) is 0 Å². The lowest BCUT2D eigenvalue weighted by molar-refractivity contribution is -0.682. The molecule has 1 atom stereocenters. The number of quaternary nitrogens is 1. The van der Waals surface area contributed by atoms with E-state index in [0.717, 1.165) is 0 Å². The Morgan fingerprint density at radius 2 is 1.93 bits per heavy atom. The van der Waals surface area contributed by atoms with Crippen LogP contribution in [-0.4, -0.2) is 32.7 Å². The van der Waals surface area contributed by atoms with Gasteiger partial charge in [0.25, 0.3) is 5.91 Å². The van der Waals surface area contributed by atoms with Crippen LogP contribution in [-0.2, 0) is 4.79 Å². The first-order valence-electron chi connectivity index (χ1n) is 8.42. The standard InChI is InChI=1S/C19H21Cl2FN2O3/c1-12(13-9-16(22)15(21)10-14(13)20)24-11-19(25)23-7-8-27-18-6-4-3-5-17(18)26-2/h3-6,9-10,12,24H,7-8,11H2,1-2H3,(H,23,25)/p+1/t12-/m0/s1. The lowest BCUT2D eigenvalue weighted by atomic mass is 10.1. The molecular formula is C19H22Cl2FN2O3+. The predicted octanol–water partition coefficient (Wildman–Crippen LogP) is 2.96. The molecule has 0 heterocycles. The minimum Gasteiger partial charge on any atom is -0.493 e. The molecule has 3 N–H and O–H groups in total. The number of amides is 1. The molecule has 5 nitrogen and oxygen atoms in total. The number of nitrogens with one attached hydrogen (secondary N) is 1. The molecule has 0 aliphatic heterocycles. The molecule has 0 aliphatic rings. The molecule has 0 saturated heterocycles. The van der Waals surface area contributed by atoms with E-state index < -0.39 is 5.82 Å². The van der Waals surface area contributed by atoms with Crippen molar-refractivity contribution in [3.8, 4) is 11.5 Å². The van der Waals surface area contributed by atoms with Crippen LogP contribution in [0.5, 0.6) is 11.5 Å². The molecule has 2 aromatic carbocycles. The number of carbonyl (C=O) groups excluding carboxylic acids is 1. The van der Waals surface area contributed by atoms with Gasteiger partial charge in [-0.05, 0) is 31.2 Å². The number of rotatable bonds is 9. The minimum atomic E-state index is -0.533. The molecule has 2 aromatic rings. The molecule has 0 unspecified atom stereocenters. The fraction of sp³-hybridized carbons (Fsp3) is 0.316. The monoisotopic (exact) mass is 415 g/mol. The van der Waals surface area contributed by atoms with Crippen molar-refractivity contribution >= 4 is 29.1 Å². The summed E-state index contributed by atoms with van der Waals surface area (Å²) in [6.07, 6.45) is 0. The summed E-state index contributed by atoms with van der Waals surface area (Å²) in [6, 6.07) is 9.76. The number of hydrogen-bond donors (Lipinski definition) is 2. The maximum atomic E-state index is 13.6. The maximum Gasteiger partial charge on any atom is 0.275 e. The molecule has 146 valence electrons. The van der Waals surface area contributed by atoms with E-state index in [4.69, 9.17) is 32.7 Å². The van der Waals surface area contributed by atoms with Crippen LogP contribution in [0.1, 0.15) is 18.5 Å². The van der Waals surface area contributed by atoms with Gasteiger partial charge in [-0.2, -0.15) is 0 Å². The molecule has 0 aliphatic carbocycles. The number of hydrogen-bond acceptors (Lipinski definition) is 3. The van der Waals surface area contributed by atoms with Crippen LogP contribution in [0.4, 0.5) is 4.39 Å². The quantitative estimate of drug-likeness (QED) is 0.488. The molecule has 0 saturated carbocycles. The SMILES string of the molecule is COc1ccccc1OCCNC(=O)C[NH2+][C@@H](C)c1cc(F)c(Cl)cc1Cl. The molecule has 1 amide bonds. The normalized spacial score (nSPS) is 11.7. The Kier molecular flexibility index (Phi) is 8.16. The summed E-state index contributed by atoms with van der Waals surface area (Å²) in [5, 5.41) is 4.88. The highest BCUT2D eigenvalue weighted by molar-refractivity contribution is 6.35. The molecule has 0 bridgehead atoms. The number of benzene rings is 2. The number of halogens is 3. The van der Waals surface area contributed by atoms with Gasteiger partial charge in [0.05, 0.1) is 23.7 Å². The van der Waals surface area contributed by atoms with Crippen molar-refractivity contribution in [3.63, 3.8) is 0 Å². The van der Waals surface area contributed by atoms with Crippen LogP contribution >= 0.6 is 23.2 Å². The molecular weight excluding hydrogens is 394 g/mol. The van der Waals surface area contributed by atoms with Crippen molar-refractivity contribution < 1.29 is 24.0 Å². The lowest BCUT2D eigenvalue weighted by Crippen LogP contribution is -2.87. The molecule has 0 aromatic heterocycles. The van der Waals surface area contributed by atoms with Gasteiger partial charge in [-0.25, -0.2) is 4.39 Å². The summed E-state index contributed by atoms with van der Waals surface area (Å²) >= 11 is 11.8. The van der Waals surface area contributed by atoms with Gasteiger partial charge in [0, 0.05) is 5.56 Å². The number of carbonyl (C=O) groups is 1. The fourth-order valence-corrected chi connectivity index (χ4v) is 3.01. The molecule has 27 heavy (non-hydrogen) atoms. The second-order valence-electron chi connectivity index (χ2n) is 5.87. The predicted molar refractivity (Wildman–Crippen MR) is 103 cm³/mol. The number of nitrogens with two attached hydrogens (primary N) is 1. The summed E-state index contributed by atoms with van der Waals surface area (Å²) in [7, 11) is 1.57. The Morgan fingerprint density at radius 1 is 1.22 bits per heavy atom. The van der Waals surface area contributed by atoms with Gasteiger partial charge in [-0.3, -0.25) is 4.79 Å². The molecule has 0 fully saturated rings. The third kappa shape index (κ3) is 6.27. The first kappa shape index (κ1) is 21.3. The smallest absolute Gasteiger partial charge is 0.275 e. The average Bonchev–Trinajstić information content (AvgIpc) is 2.66. The zero-order chi connectivity index (χ0) is 19.8. The first-order valence-corrected chi connectivity index (χ1v) is 9.18. The zero-order valence-electron chi connectivity index (χ0n) is 15.1. The third-order valence-corrected chi connectivity index (χ3v) is 4.55. The Bertz CT molecular complexity index is 790. The largest absolute Gasteiger partial charge is 0.493 e. The fourth-order valence-electron chi connectivity index (χ4n) is 2.46. The summed E-state index contributed by atoms with van der Waals surface area (Å²) in [5.41, 5.74) is 0.589. The average molecular weight is 416 g/mol.